The van der Waals surface area contributed by atoms with Crippen molar-refractivity contribution in [2.24, 2.45) is 0 Å². The van der Waals surface area contributed by atoms with Gasteiger partial charge in [0.2, 0.25) is 0 Å². The van der Waals surface area contributed by atoms with E-state index in [0.717, 1.165) is 5.69 Å². The standard InChI is InChI=1S/C15H15Cl2N/c1-10-4-3-5-12(8-10)11(2)18-15-7-6-13(16)9-14(15)17/h3-9,11,18H,1-2H3. The van der Waals surface area contributed by atoms with Gasteiger partial charge in [0.05, 0.1) is 10.7 Å². The van der Waals surface area contributed by atoms with Crippen molar-refractivity contribution in [3.63, 3.8) is 0 Å². The number of anilines is 1. The van der Waals surface area contributed by atoms with Gasteiger partial charge >= 0.3 is 0 Å². The van der Waals surface area contributed by atoms with Gasteiger partial charge in [-0.05, 0) is 37.6 Å². The summed E-state index contributed by atoms with van der Waals surface area (Å²) in [6, 6.07) is 14.1. The van der Waals surface area contributed by atoms with E-state index in [-0.39, 0.29) is 6.04 Å². The minimum Gasteiger partial charge on any atom is -0.377 e. The maximum atomic E-state index is 6.15. The molecule has 0 spiro atoms. The topological polar surface area (TPSA) is 12.0 Å². The molecule has 0 aliphatic carbocycles. The molecule has 0 aromatic heterocycles. The van der Waals surface area contributed by atoms with Crippen molar-refractivity contribution in [3.05, 3.63) is 63.6 Å². The van der Waals surface area contributed by atoms with Gasteiger partial charge in [0.25, 0.3) is 0 Å². The van der Waals surface area contributed by atoms with Gasteiger partial charge in [0.15, 0.2) is 0 Å². The van der Waals surface area contributed by atoms with Crippen LogP contribution in [0, 0.1) is 6.92 Å². The van der Waals surface area contributed by atoms with E-state index in [9.17, 15) is 0 Å². The van der Waals surface area contributed by atoms with Crippen LogP contribution in [0.3, 0.4) is 0 Å². The summed E-state index contributed by atoms with van der Waals surface area (Å²) < 4.78 is 0. The summed E-state index contributed by atoms with van der Waals surface area (Å²) in [5.41, 5.74) is 3.39. The molecule has 0 aliphatic rings. The molecule has 1 unspecified atom stereocenters. The molecule has 1 N–H and O–H groups in total. The van der Waals surface area contributed by atoms with Gasteiger partial charge in [-0.15, -0.1) is 0 Å². The van der Waals surface area contributed by atoms with Crippen LogP contribution in [0.2, 0.25) is 10.0 Å². The molecule has 0 bridgehead atoms. The summed E-state index contributed by atoms with van der Waals surface area (Å²) in [5.74, 6) is 0. The molecule has 1 nitrogen and oxygen atoms in total. The average Bonchev–Trinajstić information content (AvgIpc) is 2.32. The Morgan fingerprint density at radius 2 is 1.83 bits per heavy atom. The Balaban J connectivity index is 2.18. The Morgan fingerprint density at radius 1 is 1.06 bits per heavy atom. The Bertz CT molecular complexity index is 552. The number of hydrogen-bond acceptors (Lipinski definition) is 1. The molecule has 1 atom stereocenters. The first kappa shape index (κ1) is 13.3. The number of halogens is 2. The van der Waals surface area contributed by atoms with Crippen LogP contribution >= 0.6 is 23.2 Å². The molecule has 0 saturated heterocycles. The predicted octanol–water partition coefficient (Wildman–Crippen LogP) is 5.47. The predicted molar refractivity (Wildman–Crippen MR) is 79.7 cm³/mol. The molecule has 94 valence electrons. The lowest BCUT2D eigenvalue weighted by atomic mass is 10.1. The fourth-order valence-corrected chi connectivity index (χ4v) is 2.33. The molecule has 2 rings (SSSR count). The monoisotopic (exact) mass is 279 g/mol. The van der Waals surface area contributed by atoms with Gasteiger partial charge in [-0.25, -0.2) is 0 Å². The van der Waals surface area contributed by atoms with Crippen molar-refractivity contribution in [1.82, 2.24) is 0 Å². The summed E-state index contributed by atoms with van der Waals surface area (Å²) in [5, 5.41) is 4.68. The van der Waals surface area contributed by atoms with Gasteiger partial charge in [-0.1, -0.05) is 53.0 Å². The molecule has 0 radical (unpaired) electrons. The van der Waals surface area contributed by atoms with E-state index in [0.29, 0.717) is 10.0 Å². The fourth-order valence-electron chi connectivity index (χ4n) is 1.86. The summed E-state index contributed by atoms with van der Waals surface area (Å²) in [6.45, 7) is 4.20. The molecular weight excluding hydrogens is 265 g/mol. The zero-order valence-electron chi connectivity index (χ0n) is 10.4. The fraction of sp³-hybridized carbons (Fsp3) is 0.200. The van der Waals surface area contributed by atoms with Crippen molar-refractivity contribution in [3.8, 4) is 0 Å². The first-order valence-corrected chi connectivity index (χ1v) is 6.60. The Labute approximate surface area is 118 Å². The highest BCUT2D eigenvalue weighted by Gasteiger charge is 2.08. The van der Waals surface area contributed by atoms with Gasteiger partial charge in [-0.2, -0.15) is 0 Å². The smallest absolute Gasteiger partial charge is 0.0652 e. The van der Waals surface area contributed by atoms with Crippen molar-refractivity contribution >= 4 is 28.9 Å². The largest absolute Gasteiger partial charge is 0.377 e. The average molecular weight is 280 g/mol. The third-order valence-electron chi connectivity index (χ3n) is 2.85. The second kappa shape index (κ2) is 5.64. The minimum absolute atomic E-state index is 0.198. The van der Waals surface area contributed by atoms with E-state index in [1.165, 1.54) is 11.1 Å². The number of hydrogen-bond donors (Lipinski definition) is 1. The van der Waals surface area contributed by atoms with E-state index in [1.54, 1.807) is 6.07 Å². The normalized spacial score (nSPS) is 12.2. The maximum Gasteiger partial charge on any atom is 0.0652 e. The molecular formula is C15H15Cl2N. The second-order valence-electron chi connectivity index (χ2n) is 4.40. The lowest BCUT2D eigenvalue weighted by Gasteiger charge is -2.17. The summed E-state index contributed by atoms with van der Waals surface area (Å²) >= 11 is 12.0. The van der Waals surface area contributed by atoms with Crippen LogP contribution in [0.4, 0.5) is 5.69 Å². The lowest BCUT2D eigenvalue weighted by molar-refractivity contribution is 0.883. The van der Waals surface area contributed by atoms with Crippen LogP contribution in [0.1, 0.15) is 24.1 Å². The third-order valence-corrected chi connectivity index (χ3v) is 3.39. The Morgan fingerprint density at radius 3 is 2.50 bits per heavy atom. The lowest BCUT2D eigenvalue weighted by Crippen LogP contribution is -2.07. The highest BCUT2D eigenvalue weighted by Crippen LogP contribution is 2.28. The molecule has 3 heteroatoms. The van der Waals surface area contributed by atoms with Gasteiger partial charge in [0.1, 0.15) is 0 Å². The first-order valence-electron chi connectivity index (χ1n) is 5.84. The van der Waals surface area contributed by atoms with Crippen LogP contribution in [-0.4, -0.2) is 0 Å². The van der Waals surface area contributed by atoms with Crippen molar-refractivity contribution in [2.45, 2.75) is 19.9 Å². The van der Waals surface area contributed by atoms with Crippen molar-refractivity contribution < 1.29 is 0 Å². The van der Waals surface area contributed by atoms with E-state index in [1.807, 2.05) is 12.1 Å². The van der Waals surface area contributed by atoms with Crippen LogP contribution in [0.25, 0.3) is 0 Å². The van der Waals surface area contributed by atoms with Crippen molar-refractivity contribution in [2.75, 3.05) is 5.32 Å². The highest BCUT2D eigenvalue weighted by molar-refractivity contribution is 6.36. The summed E-state index contributed by atoms with van der Waals surface area (Å²) in [4.78, 5) is 0. The van der Waals surface area contributed by atoms with E-state index in [4.69, 9.17) is 23.2 Å². The number of benzene rings is 2. The highest BCUT2D eigenvalue weighted by atomic mass is 35.5. The maximum absolute atomic E-state index is 6.15. The van der Waals surface area contributed by atoms with E-state index < -0.39 is 0 Å². The second-order valence-corrected chi connectivity index (χ2v) is 5.25. The third kappa shape index (κ3) is 3.18. The van der Waals surface area contributed by atoms with Crippen molar-refractivity contribution in [1.29, 1.82) is 0 Å². The molecule has 0 amide bonds. The summed E-state index contributed by atoms with van der Waals surface area (Å²) in [7, 11) is 0. The Kier molecular flexibility index (Phi) is 4.15. The van der Waals surface area contributed by atoms with Crippen LogP contribution in [0.5, 0.6) is 0 Å². The number of rotatable bonds is 3. The first-order chi connectivity index (χ1) is 8.56. The molecule has 18 heavy (non-hydrogen) atoms. The van der Waals surface area contributed by atoms with Crippen LogP contribution in [-0.2, 0) is 0 Å². The van der Waals surface area contributed by atoms with Crippen LogP contribution < -0.4 is 5.32 Å². The van der Waals surface area contributed by atoms with Gasteiger partial charge in [0, 0.05) is 11.1 Å². The van der Waals surface area contributed by atoms with E-state index >= 15 is 0 Å². The van der Waals surface area contributed by atoms with E-state index in [2.05, 4.69) is 43.4 Å². The molecule has 0 heterocycles. The zero-order valence-corrected chi connectivity index (χ0v) is 11.9. The molecule has 0 fully saturated rings. The summed E-state index contributed by atoms with van der Waals surface area (Å²) in [6.07, 6.45) is 0. The SMILES string of the molecule is Cc1cccc(C(C)Nc2ccc(Cl)cc2Cl)c1. The molecule has 0 aliphatic heterocycles. The number of aryl methyl sites for hydroxylation is 1. The Hall–Kier alpha value is -1.18. The number of nitrogens with one attached hydrogen (secondary N) is 1. The molecule has 2 aromatic rings. The zero-order chi connectivity index (χ0) is 13.1. The molecule has 0 saturated carbocycles. The van der Waals surface area contributed by atoms with Gasteiger partial charge < -0.3 is 5.32 Å². The quantitative estimate of drug-likeness (QED) is 0.785. The molecule has 2 aromatic carbocycles. The van der Waals surface area contributed by atoms with Crippen LogP contribution in [0.15, 0.2) is 42.5 Å². The minimum atomic E-state index is 0.198. The van der Waals surface area contributed by atoms with Gasteiger partial charge in [-0.3, -0.25) is 0 Å².